The molecule has 0 bridgehead atoms. The molecule has 1 fully saturated rings. The molecule has 2 unspecified atom stereocenters. The first-order valence-corrected chi connectivity index (χ1v) is 7.96. The minimum absolute atomic E-state index is 0.299. The number of hydrogen-bond donors (Lipinski definition) is 1. The van der Waals surface area contributed by atoms with Crippen molar-refractivity contribution < 1.29 is 0 Å². The van der Waals surface area contributed by atoms with E-state index in [9.17, 15) is 0 Å². The van der Waals surface area contributed by atoms with Gasteiger partial charge in [0.15, 0.2) is 0 Å². The smallest absolute Gasteiger partial charge is 0.0437 e. The van der Waals surface area contributed by atoms with Crippen molar-refractivity contribution >= 4 is 0 Å². The summed E-state index contributed by atoms with van der Waals surface area (Å²) in [5, 5.41) is 3.88. The molecule has 19 heavy (non-hydrogen) atoms. The topological polar surface area (TPSA) is 12.0 Å². The third-order valence-electron chi connectivity index (χ3n) is 6.25. The third kappa shape index (κ3) is 1.80. The zero-order valence-corrected chi connectivity index (χ0v) is 13.3. The van der Waals surface area contributed by atoms with Crippen molar-refractivity contribution in [1.82, 2.24) is 5.32 Å². The van der Waals surface area contributed by atoms with Gasteiger partial charge in [0.1, 0.15) is 0 Å². The molecule has 0 radical (unpaired) electrons. The monoisotopic (exact) mass is 259 g/mol. The molecular formula is C18H29N. The second-order valence-corrected chi connectivity index (χ2v) is 8.42. The summed E-state index contributed by atoms with van der Waals surface area (Å²) in [4.78, 5) is 0. The first kappa shape index (κ1) is 13.3. The van der Waals surface area contributed by atoms with E-state index in [1.807, 2.05) is 0 Å². The van der Waals surface area contributed by atoms with Gasteiger partial charge >= 0.3 is 0 Å². The molecule has 1 N–H and O–H groups in total. The van der Waals surface area contributed by atoms with Crippen molar-refractivity contribution in [2.75, 3.05) is 0 Å². The molecule has 0 aromatic rings. The van der Waals surface area contributed by atoms with Gasteiger partial charge in [-0.3, -0.25) is 0 Å². The molecule has 1 heterocycles. The van der Waals surface area contributed by atoms with E-state index in [0.29, 0.717) is 22.3 Å². The fourth-order valence-electron chi connectivity index (χ4n) is 4.44. The van der Waals surface area contributed by atoms with Crippen LogP contribution in [0.15, 0.2) is 23.4 Å². The maximum atomic E-state index is 3.88. The molecule has 0 aromatic carbocycles. The Bertz CT molecular complexity index is 451. The minimum Gasteiger partial charge on any atom is -0.379 e. The molecule has 1 heteroatoms. The molecule has 3 aliphatic rings. The molecule has 1 nitrogen and oxygen atoms in total. The van der Waals surface area contributed by atoms with Gasteiger partial charge in [-0.25, -0.2) is 0 Å². The lowest BCUT2D eigenvalue weighted by Gasteiger charge is -2.47. The van der Waals surface area contributed by atoms with Gasteiger partial charge in [0, 0.05) is 16.7 Å². The van der Waals surface area contributed by atoms with Gasteiger partial charge in [-0.05, 0) is 49.2 Å². The SMILES string of the molecule is CC(C)(C)[C@H]1C=CC2=C(C1)C1(C)CCCCC1(C)N2. The van der Waals surface area contributed by atoms with E-state index < -0.39 is 0 Å². The normalized spacial score (nSPS) is 41.8. The van der Waals surface area contributed by atoms with Crippen molar-refractivity contribution in [1.29, 1.82) is 0 Å². The van der Waals surface area contributed by atoms with Crippen LogP contribution in [0, 0.1) is 16.7 Å². The number of rotatable bonds is 0. The Hall–Kier alpha value is -0.720. The largest absolute Gasteiger partial charge is 0.379 e. The van der Waals surface area contributed by atoms with Gasteiger partial charge in [0.05, 0.1) is 0 Å². The highest BCUT2D eigenvalue weighted by Crippen LogP contribution is 2.57. The predicted octanol–water partition coefficient (Wildman–Crippen LogP) is 4.80. The summed E-state index contributed by atoms with van der Waals surface area (Å²) in [7, 11) is 0. The van der Waals surface area contributed by atoms with Crippen LogP contribution in [0.4, 0.5) is 0 Å². The van der Waals surface area contributed by atoms with Gasteiger partial charge < -0.3 is 5.32 Å². The van der Waals surface area contributed by atoms with Crippen LogP contribution in [0.25, 0.3) is 0 Å². The van der Waals surface area contributed by atoms with Crippen molar-refractivity contribution in [3.8, 4) is 0 Å². The highest BCUT2D eigenvalue weighted by Gasteiger charge is 2.54. The second kappa shape index (κ2) is 3.90. The lowest BCUT2D eigenvalue weighted by atomic mass is 9.59. The summed E-state index contributed by atoms with van der Waals surface area (Å²) in [6.07, 6.45) is 11.5. The Labute approximate surface area is 118 Å². The molecule has 0 saturated heterocycles. The van der Waals surface area contributed by atoms with Crippen LogP contribution < -0.4 is 5.32 Å². The van der Waals surface area contributed by atoms with E-state index in [4.69, 9.17) is 0 Å². The van der Waals surface area contributed by atoms with E-state index in [-0.39, 0.29) is 0 Å². The van der Waals surface area contributed by atoms with E-state index in [0.717, 1.165) is 0 Å². The third-order valence-corrected chi connectivity index (χ3v) is 6.25. The standard InChI is InChI=1S/C18H29N/c1-16(2,3)13-8-9-15-14(12-13)17(4)10-6-7-11-18(17,5)19-15/h8-9,13,19H,6-7,10-12H2,1-5H3/t13-,17?,18?/m0/s1. The maximum Gasteiger partial charge on any atom is 0.0437 e. The van der Waals surface area contributed by atoms with Crippen LogP contribution in [-0.4, -0.2) is 5.54 Å². The number of fused-ring (bicyclic) bond motifs is 2. The van der Waals surface area contributed by atoms with Crippen LogP contribution in [-0.2, 0) is 0 Å². The lowest BCUT2D eigenvalue weighted by Crippen LogP contribution is -2.51. The number of allylic oxidation sites excluding steroid dienone is 2. The first-order valence-electron chi connectivity index (χ1n) is 7.96. The van der Waals surface area contributed by atoms with Crippen LogP contribution in [0.3, 0.4) is 0 Å². The van der Waals surface area contributed by atoms with Crippen molar-refractivity contribution in [3.63, 3.8) is 0 Å². The summed E-state index contributed by atoms with van der Waals surface area (Å²) in [6, 6.07) is 0. The summed E-state index contributed by atoms with van der Waals surface area (Å²) in [5.41, 5.74) is 4.23. The van der Waals surface area contributed by atoms with Crippen LogP contribution >= 0.6 is 0 Å². The Balaban J connectivity index is 1.95. The molecule has 0 aromatic heterocycles. The van der Waals surface area contributed by atoms with Crippen molar-refractivity contribution in [2.45, 2.75) is 72.3 Å². The zero-order chi connectivity index (χ0) is 13.9. The second-order valence-electron chi connectivity index (χ2n) is 8.42. The Morgan fingerprint density at radius 2 is 1.84 bits per heavy atom. The van der Waals surface area contributed by atoms with Gasteiger partial charge in [-0.1, -0.05) is 46.6 Å². The molecule has 1 aliphatic heterocycles. The summed E-state index contributed by atoms with van der Waals surface area (Å²) in [5.74, 6) is 0.689. The molecule has 2 aliphatic carbocycles. The quantitative estimate of drug-likeness (QED) is 0.658. The molecule has 1 saturated carbocycles. The maximum absolute atomic E-state index is 3.88. The fraction of sp³-hybridized carbons (Fsp3) is 0.778. The summed E-state index contributed by atoms with van der Waals surface area (Å²) >= 11 is 0. The minimum atomic E-state index is 0.299. The van der Waals surface area contributed by atoms with Gasteiger partial charge in [0.25, 0.3) is 0 Å². The molecule has 106 valence electrons. The average Bonchev–Trinajstić information content (AvgIpc) is 2.55. The number of nitrogens with one attached hydrogen (secondary N) is 1. The molecule has 0 amide bonds. The zero-order valence-electron chi connectivity index (χ0n) is 13.3. The Morgan fingerprint density at radius 3 is 2.53 bits per heavy atom. The highest BCUT2D eigenvalue weighted by molar-refractivity contribution is 5.43. The summed E-state index contributed by atoms with van der Waals surface area (Å²) in [6.45, 7) is 12.1. The Morgan fingerprint density at radius 1 is 1.16 bits per heavy atom. The predicted molar refractivity (Wildman–Crippen MR) is 81.8 cm³/mol. The van der Waals surface area contributed by atoms with E-state index in [1.54, 1.807) is 5.57 Å². The van der Waals surface area contributed by atoms with E-state index in [1.165, 1.54) is 37.8 Å². The van der Waals surface area contributed by atoms with Crippen LogP contribution in [0.2, 0.25) is 0 Å². The highest BCUT2D eigenvalue weighted by atomic mass is 15.0. The van der Waals surface area contributed by atoms with Gasteiger partial charge in [-0.15, -0.1) is 0 Å². The lowest BCUT2D eigenvalue weighted by molar-refractivity contribution is 0.122. The van der Waals surface area contributed by atoms with E-state index >= 15 is 0 Å². The van der Waals surface area contributed by atoms with Gasteiger partial charge in [0.2, 0.25) is 0 Å². The van der Waals surface area contributed by atoms with Crippen LogP contribution in [0.5, 0.6) is 0 Å². The van der Waals surface area contributed by atoms with Gasteiger partial charge in [-0.2, -0.15) is 0 Å². The summed E-state index contributed by atoms with van der Waals surface area (Å²) < 4.78 is 0. The molecule has 3 atom stereocenters. The van der Waals surface area contributed by atoms with Crippen LogP contribution in [0.1, 0.15) is 66.7 Å². The van der Waals surface area contributed by atoms with Crippen molar-refractivity contribution in [3.05, 3.63) is 23.4 Å². The van der Waals surface area contributed by atoms with E-state index in [2.05, 4.69) is 52.1 Å². The fourth-order valence-corrected chi connectivity index (χ4v) is 4.44. The Kier molecular flexibility index (Phi) is 2.72. The van der Waals surface area contributed by atoms with Crippen molar-refractivity contribution in [2.24, 2.45) is 16.7 Å². The molecule has 3 rings (SSSR count). The molecule has 0 spiro atoms. The molecular weight excluding hydrogens is 230 g/mol. The average molecular weight is 259 g/mol. The number of hydrogen-bond acceptors (Lipinski definition) is 1. The first-order chi connectivity index (χ1) is 8.76.